The molecule has 0 unspecified atom stereocenters. The lowest BCUT2D eigenvalue weighted by molar-refractivity contribution is -0.146. The molecular weight excluding hydrogens is 324 g/mol. The molecule has 1 aromatic carbocycles. The SMILES string of the molecule is CCOC(=O)C1(c2nc(-c3ccccc3Br)no2)CC1. The van der Waals surface area contributed by atoms with Crippen molar-refractivity contribution in [3.05, 3.63) is 34.6 Å². The minimum atomic E-state index is -0.720. The number of carbonyl (C=O) groups excluding carboxylic acids is 1. The van der Waals surface area contributed by atoms with E-state index in [0.29, 0.717) is 31.2 Å². The highest BCUT2D eigenvalue weighted by molar-refractivity contribution is 9.10. The van der Waals surface area contributed by atoms with Crippen molar-refractivity contribution in [3.63, 3.8) is 0 Å². The van der Waals surface area contributed by atoms with Crippen LogP contribution in [-0.4, -0.2) is 22.7 Å². The van der Waals surface area contributed by atoms with E-state index in [1.807, 2.05) is 24.3 Å². The van der Waals surface area contributed by atoms with E-state index >= 15 is 0 Å². The second kappa shape index (κ2) is 5.01. The topological polar surface area (TPSA) is 65.2 Å². The van der Waals surface area contributed by atoms with E-state index < -0.39 is 5.41 Å². The summed E-state index contributed by atoms with van der Waals surface area (Å²) in [4.78, 5) is 16.4. The Morgan fingerprint density at radius 3 is 2.85 bits per heavy atom. The van der Waals surface area contributed by atoms with Gasteiger partial charge >= 0.3 is 5.97 Å². The molecule has 1 fully saturated rings. The molecule has 6 heteroatoms. The summed E-state index contributed by atoms with van der Waals surface area (Å²) >= 11 is 3.45. The highest BCUT2D eigenvalue weighted by Crippen LogP contribution is 2.48. The van der Waals surface area contributed by atoms with Crippen LogP contribution in [0.25, 0.3) is 11.4 Å². The monoisotopic (exact) mass is 336 g/mol. The van der Waals surface area contributed by atoms with Gasteiger partial charge in [-0.1, -0.05) is 33.2 Å². The number of esters is 1. The summed E-state index contributed by atoms with van der Waals surface area (Å²) in [6.07, 6.45) is 1.40. The van der Waals surface area contributed by atoms with Crippen LogP contribution < -0.4 is 0 Å². The fourth-order valence-corrected chi connectivity index (χ4v) is 2.53. The molecule has 5 nitrogen and oxygen atoms in total. The Morgan fingerprint density at radius 1 is 1.45 bits per heavy atom. The normalized spacial score (nSPS) is 15.9. The molecule has 0 aliphatic heterocycles. The molecule has 104 valence electrons. The van der Waals surface area contributed by atoms with Gasteiger partial charge in [0.2, 0.25) is 11.7 Å². The number of benzene rings is 1. The number of ether oxygens (including phenoxy) is 1. The molecule has 20 heavy (non-hydrogen) atoms. The van der Waals surface area contributed by atoms with Gasteiger partial charge in [0.1, 0.15) is 5.41 Å². The van der Waals surface area contributed by atoms with Gasteiger partial charge in [-0.05, 0) is 31.9 Å². The van der Waals surface area contributed by atoms with Crippen molar-refractivity contribution in [2.24, 2.45) is 0 Å². The van der Waals surface area contributed by atoms with Crippen molar-refractivity contribution in [2.45, 2.75) is 25.2 Å². The highest BCUT2D eigenvalue weighted by Gasteiger charge is 2.57. The Kier molecular flexibility index (Phi) is 3.33. The van der Waals surface area contributed by atoms with Gasteiger partial charge in [-0.25, -0.2) is 0 Å². The van der Waals surface area contributed by atoms with E-state index in [-0.39, 0.29) is 5.97 Å². The fourth-order valence-electron chi connectivity index (χ4n) is 2.07. The van der Waals surface area contributed by atoms with Crippen LogP contribution in [-0.2, 0) is 14.9 Å². The van der Waals surface area contributed by atoms with Gasteiger partial charge in [0.25, 0.3) is 0 Å². The molecule has 0 saturated heterocycles. The number of hydrogen-bond donors (Lipinski definition) is 0. The highest BCUT2D eigenvalue weighted by atomic mass is 79.9. The first-order valence-electron chi connectivity index (χ1n) is 6.43. The summed E-state index contributed by atoms with van der Waals surface area (Å²) in [6, 6.07) is 7.61. The molecule has 0 amide bonds. The van der Waals surface area contributed by atoms with Crippen LogP contribution in [0.3, 0.4) is 0 Å². The van der Waals surface area contributed by atoms with E-state index in [4.69, 9.17) is 9.26 Å². The Hall–Kier alpha value is -1.69. The first-order valence-corrected chi connectivity index (χ1v) is 7.23. The van der Waals surface area contributed by atoms with Crippen LogP contribution in [0, 0.1) is 0 Å². The molecule has 1 aromatic heterocycles. The molecule has 0 bridgehead atoms. The molecule has 1 heterocycles. The average Bonchev–Trinajstić information content (AvgIpc) is 3.12. The summed E-state index contributed by atoms with van der Waals surface area (Å²) in [5.74, 6) is 0.548. The maximum atomic E-state index is 12.0. The molecule has 1 saturated carbocycles. The van der Waals surface area contributed by atoms with E-state index in [0.717, 1.165) is 10.0 Å². The van der Waals surface area contributed by atoms with Crippen LogP contribution in [0.1, 0.15) is 25.7 Å². The third-order valence-electron chi connectivity index (χ3n) is 3.37. The zero-order chi connectivity index (χ0) is 14.2. The first kappa shape index (κ1) is 13.3. The van der Waals surface area contributed by atoms with Crippen molar-refractivity contribution in [3.8, 4) is 11.4 Å². The van der Waals surface area contributed by atoms with Crippen LogP contribution >= 0.6 is 15.9 Å². The van der Waals surface area contributed by atoms with E-state index in [1.165, 1.54) is 0 Å². The van der Waals surface area contributed by atoms with Crippen molar-refractivity contribution < 1.29 is 14.1 Å². The van der Waals surface area contributed by atoms with Crippen molar-refractivity contribution in [1.29, 1.82) is 0 Å². The number of nitrogens with zero attached hydrogens (tertiary/aromatic N) is 2. The van der Waals surface area contributed by atoms with Crippen LogP contribution in [0.4, 0.5) is 0 Å². The second-order valence-corrected chi connectivity index (χ2v) is 5.56. The van der Waals surface area contributed by atoms with Crippen LogP contribution in [0.5, 0.6) is 0 Å². The molecule has 1 aliphatic rings. The third kappa shape index (κ3) is 2.14. The number of carbonyl (C=O) groups is 1. The Balaban J connectivity index is 1.92. The van der Waals surface area contributed by atoms with E-state index in [9.17, 15) is 4.79 Å². The lowest BCUT2D eigenvalue weighted by Crippen LogP contribution is -2.23. The number of halogens is 1. The Bertz CT molecular complexity index is 649. The van der Waals surface area contributed by atoms with Gasteiger partial charge < -0.3 is 9.26 Å². The Labute approximate surface area is 124 Å². The fraction of sp³-hybridized carbons (Fsp3) is 0.357. The van der Waals surface area contributed by atoms with Crippen LogP contribution in [0.2, 0.25) is 0 Å². The van der Waals surface area contributed by atoms with Gasteiger partial charge in [-0.2, -0.15) is 4.98 Å². The second-order valence-electron chi connectivity index (χ2n) is 4.71. The molecular formula is C14H13BrN2O3. The summed E-state index contributed by atoms with van der Waals surface area (Å²) in [7, 11) is 0. The zero-order valence-electron chi connectivity index (χ0n) is 10.9. The molecule has 0 spiro atoms. The lowest BCUT2D eigenvalue weighted by Gasteiger charge is -2.08. The minimum absolute atomic E-state index is 0.276. The summed E-state index contributed by atoms with van der Waals surface area (Å²) in [5.41, 5.74) is 0.116. The van der Waals surface area contributed by atoms with Gasteiger partial charge in [-0.3, -0.25) is 4.79 Å². The van der Waals surface area contributed by atoms with Crippen molar-refractivity contribution in [1.82, 2.24) is 10.1 Å². The molecule has 0 radical (unpaired) electrons. The molecule has 1 aliphatic carbocycles. The zero-order valence-corrected chi connectivity index (χ0v) is 12.5. The molecule has 0 atom stereocenters. The predicted molar refractivity (Wildman–Crippen MR) is 75.0 cm³/mol. The number of hydrogen-bond acceptors (Lipinski definition) is 5. The summed E-state index contributed by atoms with van der Waals surface area (Å²) in [5, 5.41) is 3.97. The summed E-state index contributed by atoms with van der Waals surface area (Å²) < 4.78 is 11.3. The minimum Gasteiger partial charge on any atom is -0.465 e. The van der Waals surface area contributed by atoms with E-state index in [2.05, 4.69) is 26.1 Å². The smallest absolute Gasteiger partial charge is 0.321 e. The molecule has 3 rings (SSSR count). The maximum Gasteiger partial charge on any atom is 0.321 e. The predicted octanol–water partition coefficient (Wildman–Crippen LogP) is 3.09. The molecule has 0 N–H and O–H groups in total. The Morgan fingerprint density at radius 2 is 2.20 bits per heavy atom. The average molecular weight is 337 g/mol. The number of rotatable bonds is 4. The largest absolute Gasteiger partial charge is 0.465 e. The maximum absolute atomic E-state index is 12.0. The van der Waals surface area contributed by atoms with Crippen molar-refractivity contribution >= 4 is 21.9 Å². The van der Waals surface area contributed by atoms with E-state index in [1.54, 1.807) is 6.92 Å². The van der Waals surface area contributed by atoms with Gasteiger partial charge in [-0.15, -0.1) is 0 Å². The quantitative estimate of drug-likeness (QED) is 0.802. The van der Waals surface area contributed by atoms with Gasteiger partial charge in [0.15, 0.2) is 0 Å². The lowest BCUT2D eigenvalue weighted by atomic mass is 10.1. The molecule has 2 aromatic rings. The first-order chi connectivity index (χ1) is 9.67. The van der Waals surface area contributed by atoms with Crippen molar-refractivity contribution in [2.75, 3.05) is 6.61 Å². The summed E-state index contributed by atoms with van der Waals surface area (Å²) in [6.45, 7) is 2.14. The van der Waals surface area contributed by atoms with Gasteiger partial charge in [0, 0.05) is 10.0 Å². The van der Waals surface area contributed by atoms with Crippen LogP contribution in [0.15, 0.2) is 33.3 Å². The third-order valence-corrected chi connectivity index (χ3v) is 4.06. The number of aromatic nitrogens is 2. The van der Waals surface area contributed by atoms with Gasteiger partial charge in [0.05, 0.1) is 6.61 Å². The standard InChI is InChI=1S/C14H13BrN2O3/c1-2-19-13(18)14(7-8-14)12-16-11(17-20-12)9-5-3-4-6-10(9)15/h3-6H,2,7-8H2,1H3.